The number of phenolic OH excluding ortho intramolecular Hbond substituents is 1. The van der Waals surface area contributed by atoms with E-state index in [1.807, 2.05) is 13.8 Å². The van der Waals surface area contributed by atoms with Crippen LogP contribution in [0.3, 0.4) is 0 Å². The van der Waals surface area contributed by atoms with Crippen molar-refractivity contribution < 1.29 is 9.50 Å². The summed E-state index contributed by atoms with van der Waals surface area (Å²) in [5.74, 6) is -0.321. The molecule has 0 saturated heterocycles. The van der Waals surface area contributed by atoms with Crippen molar-refractivity contribution in [3.63, 3.8) is 0 Å². The highest BCUT2D eigenvalue weighted by atomic mass is 79.9. The van der Waals surface area contributed by atoms with E-state index in [9.17, 15) is 9.50 Å². The topological polar surface area (TPSA) is 46.2 Å². The average Bonchev–Trinajstić information content (AvgIpc) is 1.96. The van der Waals surface area contributed by atoms with Gasteiger partial charge in [-0.1, -0.05) is 0 Å². The van der Waals surface area contributed by atoms with Gasteiger partial charge in [0.2, 0.25) is 0 Å². The molecule has 0 unspecified atom stereocenters. The zero-order chi connectivity index (χ0) is 10.9. The molecule has 4 heteroatoms. The van der Waals surface area contributed by atoms with Crippen LogP contribution in [0.2, 0.25) is 0 Å². The second kappa shape index (κ2) is 3.87. The van der Waals surface area contributed by atoms with Crippen LogP contribution in [0.1, 0.15) is 19.4 Å². The van der Waals surface area contributed by atoms with Crippen molar-refractivity contribution >= 4 is 15.9 Å². The summed E-state index contributed by atoms with van der Waals surface area (Å²) >= 11 is 3.07. The Morgan fingerprint density at radius 3 is 2.57 bits per heavy atom. The van der Waals surface area contributed by atoms with Gasteiger partial charge in [-0.2, -0.15) is 0 Å². The van der Waals surface area contributed by atoms with E-state index in [2.05, 4.69) is 15.9 Å². The van der Waals surface area contributed by atoms with E-state index in [4.69, 9.17) is 5.73 Å². The van der Waals surface area contributed by atoms with Crippen LogP contribution < -0.4 is 5.73 Å². The Balaban J connectivity index is 3.09. The molecule has 0 amide bonds. The van der Waals surface area contributed by atoms with E-state index in [1.165, 1.54) is 12.1 Å². The molecule has 0 fully saturated rings. The van der Waals surface area contributed by atoms with Crippen molar-refractivity contribution in [1.82, 2.24) is 0 Å². The van der Waals surface area contributed by atoms with Crippen molar-refractivity contribution in [1.29, 1.82) is 0 Å². The molecule has 1 aromatic rings. The van der Waals surface area contributed by atoms with Crippen molar-refractivity contribution in [3.8, 4) is 5.75 Å². The Morgan fingerprint density at radius 1 is 1.50 bits per heavy atom. The quantitative estimate of drug-likeness (QED) is 0.860. The predicted octanol–water partition coefficient (Wildman–Crippen LogP) is 2.57. The van der Waals surface area contributed by atoms with Crippen LogP contribution >= 0.6 is 15.9 Å². The maximum atomic E-state index is 13.0. The minimum absolute atomic E-state index is 0.0601. The average molecular weight is 262 g/mol. The molecule has 0 saturated carbocycles. The number of halogens is 2. The van der Waals surface area contributed by atoms with Gasteiger partial charge in [-0.15, -0.1) is 0 Å². The fourth-order valence-electron chi connectivity index (χ4n) is 1.24. The fraction of sp³-hybridized carbons (Fsp3) is 0.400. The number of nitrogens with two attached hydrogens (primary N) is 1. The van der Waals surface area contributed by atoms with E-state index in [0.29, 0.717) is 16.5 Å². The first kappa shape index (κ1) is 11.5. The second-order valence-corrected chi connectivity index (χ2v) is 4.92. The van der Waals surface area contributed by atoms with E-state index in [-0.39, 0.29) is 11.6 Å². The minimum atomic E-state index is -0.468. The maximum Gasteiger partial charge on any atom is 0.133 e. The highest BCUT2D eigenvalue weighted by Gasteiger charge is 2.16. The standard InChI is InChI=1S/C10H13BrFNO/c1-10(2,13)5-6-3-7(12)4-8(11)9(6)14/h3-4,14H,5,13H2,1-2H3. The third-order valence-corrected chi connectivity index (χ3v) is 2.36. The third-order valence-electron chi connectivity index (χ3n) is 1.75. The molecule has 1 rings (SSSR count). The van der Waals surface area contributed by atoms with Crippen LogP contribution in [0, 0.1) is 5.82 Å². The van der Waals surface area contributed by atoms with E-state index < -0.39 is 5.54 Å². The molecule has 0 aliphatic rings. The molecule has 78 valence electrons. The number of rotatable bonds is 2. The van der Waals surface area contributed by atoms with E-state index in [0.717, 1.165) is 0 Å². The lowest BCUT2D eigenvalue weighted by Crippen LogP contribution is -2.34. The lowest BCUT2D eigenvalue weighted by Gasteiger charge is -2.19. The molecule has 1 aromatic carbocycles. The van der Waals surface area contributed by atoms with Crippen molar-refractivity contribution in [2.24, 2.45) is 5.73 Å². The zero-order valence-corrected chi connectivity index (χ0v) is 9.73. The molecule has 0 aliphatic carbocycles. The molecule has 2 nitrogen and oxygen atoms in total. The Morgan fingerprint density at radius 2 is 2.07 bits per heavy atom. The molecule has 0 heterocycles. The Labute approximate surface area is 91.1 Å². The van der Waals surface area contributed by atoms with Crippen molar-refractivity contribution in [3.05, 3.63) is 28.0 Å². The largest absolute Gasteiger partial charge is 0.506 e. The molecule has 3 N–H and O–H groups in total. The summed E-state index contributed by atoms with van der Waals surface area (Å²) < 4.78 is 13.4. The van der Waals surface area contributed by atoms with Crippen molar-refractivity contribution in [2.75, 3.05) is 0 Å². The third kappa shape index (κ3) is 2.96. The monoisotopic (exact) mass is 261 g/mol. The van der Waals surface area contributed by atoms with Gasteiger partial charge in [0.25, 0.3) is 0 Å². The predicted molar refractivity (Wildman–Crippen MR) is 57.7 cm³/mol. The summed E-state index contributed by atoms with van der Waals surface area (Å²) in [6.07, 6.45) is 0.426. The van der Waals surface area contributed by atoms with Gasteiger partial charge in [0, 0.05) is 5.54 Å². The van der Waals surface area contributed by atoms with Crippen LogP contribution in [-0.2, 0) is 6.42 Å². The van der Waals surface area contributed by atoms with Gasteiger partial charge >= 0.3 is 0 Å². The molecular weight excluding hydrogens is 249 g/mol. The van der Waals surface area contributed by atoms with Gasteiger partial charge < -0.3 is 10.8 Å². The number of benzene rings is 1. The van der Waals surface area contributed by atoms with E-state index >= 15 is 0 Å². The van der Waals surface area contributed by atoms with Gasteiger partial charge in [0.05, 0.1) is 4.47 Å². The van der Waals surface area contributed by atoms with Crippen LogP contribution in [0.15, 0.2) is 16.6 Å². The highest BCUT2D eigenvalue weighted by molar-refractivity contribution is 9.10. The first-order chi connectivity index (χ1) is 6.29. The van der Waals surface area contributed by atoms with Crippen LogP contribution in [0.25, 0.3) is 0 Å². The highest BCUT2D eigenvalue weighted by Crippen LogP contribution is 2.30. The van der Waals surface area contributed by atoms with Crippen LogP contribution in [-0.4, -0.2) is 10.6 Å². The lowest BCUT2D eigenvalue weighted by molar-refractivity contribution is 0.444. The number of hydrogen-bond donors (Lipinski definition) is 2. The Bertz CT molecular complexity index is 347. The Kier molecular flexibility index (Phi) is 3.17. The van der Waals surface area contributed by atoms with Crippen molar-refractivity contribution in [2.45, 2.75) is 25.8 Å². The minimum Gasteiger partial charge on any atom is -0.506 e. The summed E-state index contributed by atoms with van der Waals surface area (Å²) in [5, 5.41) is 9.62. The Hall–Kier alpha value is -0.610. The lowest BCUT2D eigenvalue weighted by atomic mass is 9.95. The summed E-state index contributed by atoms with van der Waals surface area (Å²) in [6.45, 7) is 3.65. The summed E-state index contributed by atoms with van der Waals surface area (Å²) in [7, 11) is 0. The van der Waals surface area contributed by atoms with Gasteiger partial charge in [0.15, 0.2) is 0 Å². The first-order valence-corrected chi connectivity index (χ1v) is 5.05. The van der Waals surface area contributed by atoms with E-state index in [1.54, 1.807) is 0 Å². The summed E-state index contributed by atoms with van der Waals surface area (Å²) in [6, 6.07) is 2.52. The van der Waals surface area contributed by atoms with Crippen LogP contribution in [0.5, 0.6) is 5.75 Å². The number of phenols is 1. The molecular formula is C10H13BrFNO. The first-order valence-electron chi connectivity index (χ1n) is 4.25. The second-order valence-electron chi connectivity index (χ2n) is 4.06. The molecule has 0 radical (unpaired) electrons. The SMILES string of the molecule is CC(C)(N)Cc1cc(F)cc(Br)c1O. The number of hydrogen-bond acceptors (Lipinski definition) is 2. The number of aromatic hydroxyl groups is 1. The van der Waals surface area contributed by atoms with Gasteiger partial charge in [-0.05, 0) is 53.9 Å². The molecule has 0 atom stereocenters. The molecule has 0 spiro atoms. The molecule has 14 heavy (non-hydrogen) atoms. The van der Waals surface area contributed by atoms with Gasteiger partial charge in [0.1, 0.15) is 11.6 Å². The van der Waals surface area contributed by atoms with Crippen LogP contribution in [0.4, 0.5) is 4.39 Å². The molecule has 0 aromatic heterocycles. The summed E-state index contributed by atoms with van der Waals surface area (Å²) in [4.78, 5) is 0. The maximum absolute atomic E-state index is 13.0. The van der Waals surface area contributed by atoms with Gasteiger partial charge in [-0.25, -0.2) is 4.39 Å². The zero-order valence-electron chi connectivity index (χ0n) is 8.14. The summed E-state index contributed by atoms with van der Waals surface area (Å²) in [5.41, 5.74) is 5.84. The molecule has 0 bridgehead atoms. The smallest absolute Gasteiger partial charge is 0.133 e. The normalized spacial score (nSPS) is 11.8. The fourth-order valence-corrected chi connectivity index (χ4v) is 1.72. The van der Waals surface area contributed by atoms with Gasteiger partial charge in [-0.3, -0.25) is 0 Å². The molecule has 0 aliphatic heterocycles.